The molecule has 1 rings (SSSR count). The number of nitrogens with one attached hydrogen (secondary N) is 1. The molecule has 1 aromatic rings. The van der Waals surface area contributed by atoms with E-state index in [9.17, 15) is 9.90 Å². The van der Waals surface area contributed by atoms with Crippen LogP contribution in [0.1, 0.15) is 5.56 Å². The van der Waals surface area contributed by atoms with Crippen LogP contribution >= 0.6 is 0 Å². The minimum atomic E-state index is 0.134. The normalized spacial score (nSPS) is 10.1. The van der Waals surface area contributed by atoms with Crippen molar-refractivity contribution in [1.29, 1.82) is 0 Å². The Hall–Kier alpha value is -1.97. The third-order valence-electron chi connectivity index (χ3n) is 1.66. The van der Waals surface area contributed by atoms with Crippen LogP contribution in [0.25, 0.3) is 6.08 Å². The van der Waals surface area contributed by atoms with E-state index < -0.39 is 0 Å². The zero-order valence-corrected chi connectivity index (χ0v) is 7.73. The molecule has 74 valence electrons. The van der Waals surface area contributed by atoms with Crippen molar-refractivity contribution in [1.82, 2.24) is 5.32 Å². The number of hydrogen-bond donors (Lipinski definition) is 2. The lowest BCUT2D eigenvalue weighted by Gasteiger charge is -2.02. The number of phenols is 1. The van der Waals surface area contributed by atoms with Gasteiger partial charge in [0.2, 0.25) is 6.41 Å². The molecule has 0 unspecified atom stereocenters. The quantitative estimate of drug-likeness (QED) is 0.704. The lowest BCUT2D eigenvalue weighted by Crippen LogP contribution is -1.98. The van der Waals surface area contributed by atoms with Crippen LogP contribution in [0.5, 0.6) is 11.5 Å². The standard InChI is InChI=1S/C10H11NO3/c1-14-9-2-3-10(13)8(6-9)4-5-11-7-12/h2-7,13H,1H3,(H,11,12). The zero-order chi connectivity index (χ0) is 10.4. The van der Waals surface area contributed by atoms with E-state index in [4.69, 9.17) is 4.74 Å². The second-order valence-electron chi connectivity index (χ2n) is 2.54. The van der Waals surface area contributed by atoms with E-state index in [-0.39, 0.29) is 5.75 Å². The fourth-order valence-electron chi connectivity index (χ4n) is 0.970. The SMILES string of the molecule is COc1ccc(O)c(C=CNC=O)c1. The lowest BCUT2D eigenvalue weighted by atomic mass is 10.2. The molecule has 2 N–H and O–H groups in total. The number of phenolic OH excluding ortho intramolecular Hbond substituents is 1. The van der Waals surface area contributed by atoms with Gasteiger partial charge in [-0.05, 0) is 24.3 Å². The van der Waals surface area contributed by atoms with Crippen LogP contribution in [-0.2, 0) is 4.79 Å². The molecule has 4 heteroatoms. The first-order valence-corrected chi connectivity index (χ1v) is 4.01. The van der Waals surface area contributed by atoms with Crippen LogP contribution in [0.3, 0.4) is 0 Å². The number of hydrogen-bond acceptors (Lipinski definition) is 3. The van der Waals surface area contributed by atoms with Crippen molar-refractivity contribution in [2.75, 3.05) is 7.11 Å². The van der Waals surface area contributed by atoms with Crippen molar-refractivity contribution in [3.8, 4) is 11.5 Å². The van der Waals surface area contributed by atoms with Crippen LogP contribution in [0.15, 0.2) is 24.4 Å². The Bertz CT molecular complexity index is 347. The molecule has 1 aromatic carbocycles. The zero-order valence-electron chi connectivity index (χ0n) is 7.73. The van der Waals surface area contributed by atoms with Crippen molar-refractivity contribution >= 4 is 12.5 Å². The van der Waals surface area contributed by atoms with E-state index in [1.165, 1.54) is 12.3 Å². The summed E-state index contributed by atoms with van der Waals surface area (Å²) >= 11 is 0. The van der Waals surface area contributed by atoms with Gasteiger partial charge in [-0.25, -0.2) is 0 Å². The van der Waals surface area contributed by atoms with Crippen LogP contribution in [0.4, 0.5) is 0 Å². The Kier molecular flexibility index (Phi) is 3.55. The van der Waals surface area contributed by atoms with Gasteiger partial charge in [0.25, 0.3) is 0 Å². The molecular weight excluding hydrogens is 182 g/mol. The summed E-state index contributed by atoms with van der Waals surface area (Å²) in [5, 5.41) is 11.8. The monoisotopic (exact) mass is 193 g/mol. The molecule has 0 heterocycles. The molecule has 0 bridgehead atoms. The summed E-state index contributed by atoms with van der Waals surface area (Å²) in [7, 11) is 1.55. The molecule has 0 aliphatic rings. The fourth-order valence-corrected chi connectivity index (χ4v) is 0.970. The van der Waals surface area contributed by atoms with E-state index >= 15 is 0 Å². The van der Waals surface area contributed by atoms with Gasteiger partial charge in [0, 0.05) is 11.8 Å². The van der Waals surface area contributed by atoms with E-state index in [1.54, 1.807) is 25.3 Å². The topological polar surface area (TPSA) is 58.6 Å². The highest BCUT2D eigenvalue weighted by molar-refractivity contribution is 5.61. The molecule has 0 saturated carbocycles. The Morgan fingerprint density at radius 1 is 1.50 bits per heavy atom. The molecule has 4 nitrogen and oxygen atoms in total. The maximum Gasteiger partial charge on any atom is 0.211 e. The number of ether oxygens (including phenoxy) is 1. The molecule has 0 aliphatic carbocycles. The Labute approximate surface area is 81.8 Å². The highest BCUT2D eigenvalue weighted by atomic mass is 16.5. The number of methoxy groups -OCH3 is 1. The van der Waals surface area contributed by atoms with Crippen molar-refractivity contribution in [3.05, 3.63) is 30.0 Å². The number of amides is 1. The average molecular weight is 193 g/mol. The van der Waals surface area contributed by atoms with Gasteiger partial charge >= 0.3 is 0 Å². The van der Waals surface area contributed by atoms with Crippen LogP contribution in [0.2, 0.25) is 0 Å². The Balaban J connectivity index is 2.88. The van der Waals surface area contributed by atoms with Crippen molar-refractivity contribution in [3.63, 3.8) is 0 Å². The Morgan fingerprint density at radius 3 is 2.93 bits per heavy atom. The van der Waals surface area contributed by atoms with Gasteiger partial charge in [0.15, 0.2) is 0 Å². The largest absolute Gasteiger partial charge is 0.507 e. The Morgan fingerprint density at radius 2 is 2.29 bits per heavy atom. The molecule has 0 atom stereocenters. The second kappa shape index (κ2) is 4.91. The number of aromatic hydroxyl groups is 1. The van der Waals surface area contributed by atoms with E-state index in [0.29, 0.717) is 17.7 Å². The number of benzene rings is 1. The van der Waals surface area contributed by atoms with Gasteiger partial charge in [-0.1, -0.05) is 0 Å². The van der Waals surface area contributed by atoms with Gasteiger partial charge in [-0.3, -0.25) is 4.79 Å². The van der Waals surface area contributed by atoms with Crippen molar-refractivity contribution < 1.29 is 14.6 Å². The number of rotatable bonds is 4. The molecule has 1 amide bonds. The summed E-state index contributed by atoms with van der Waals surface area (Å²) in [6, 6.07) is 4.84. The molecule has 0 fully saturated rings. The van der Waals surface area contributed by atoms with Crippen molar-refractivity contribution in [2.45, 2.75) is 0 Å². The van der Waals surface area contributed by atoms with Gasteiger partial charge < -0.3 is 15.2 Å². The maximum atomic E-state index is 9.95. The third-order valence-corrected chi connectivity index (χ3v) is 1.66. The van der Waals surface area contributed by atoms with Gasteiger partial charge in [0.05, 0.1) is 7.11 Å². The average Bonchev–Trinajstić information content (AvgIpc) is 2.21. The second-order valence-corrected chi connectivity index (χ2v) is 2.54. The summed E-state index contributed by atoms with van der Waals surface area (Å²) in [6.07, 6.45) is 3.56. The lowest BCUT2D eigenvalue weighted by molar-refractivity contribution is -0.108. The maximum absolute atomic E-state index is 9.95. The number of carbonyl (C=O) groups is 1. The van der Waals surface area contributed by atoms with Crippen LogP contribution in [-0.4, -0.2) is 18.6 Å². The summed E-state index contributed by atoms with van der Waals surface area (Å²) in [5.41, 5.74) is 0.582. The highest BCUT2D eigenvalue weighted by Gasteiger charge is 1.98. The van der Waals surface area contributed by atoms with Gasteiger partial charge in [-0.2, -0.15) is 0 Å². The summed E-state index contributed by atoms with van der Waals surface area (Å²) in [4.78, 5) is 9.95. The van der Waals surface area contributed by atoms with Crippen LogP contribution in [0, 0.1) is 0 Å². The molecular formula is C10H11NO3. The molecule has 0 radical (unpaired) electrons. The minimum absolute atomic E-state index is 0.134. The van der Waals surface area contributed by atoms with Crippen molar-refractivity contribution in [2.24, 2.45) is 0 Å². The smallest absolute Gasteiger partial charge is 0.211 e. The first-order chi connectivity index (χ1) is 6.77. The molecule has 0 saturated heterocycles. The fraction of sp³-hybridized carbons (Fsp3) is 0.100. The summed E-state index contributed by atoms with van der Waals surface area (Å²) in [6.45, 7) is 0. The first-order valence-electron chi connectivity index (χ1n) is 4.01. The van der Waals surface area contributed by atoms with Gasteiger partial charge in [-0.15, -0.1) is 0 Å². The highest BCUT2D eigenvalue weighted by Crippen LogP contribution is 2.23. The van der Waals surface area contributed by atoms with E-state index in [1.807, 2.05) is 0 Å². The predicted octanol–water partition coefficient (Wildman–Crippen LogP) is 1.12. The number of carbonyl (C=O) groups excluding carboxylic acids is 1. The first kappa shape index (κ1) is 10.1. The predicted molar refractivity (Wildman–Crippen MR) is 52.9 cm³/mol. The molecule has 0 aliphatic heterocycles. The van der Waals surface area contributed by atoms with Gasteiger partial charge in [0.1, 0.15) is 11.5 Å². The third kappa shape index (κ3) is 2.52. The van der Waals surface area contributed by atoms with Crippen LogP contribution < -0.4 is 10.1 Å². The van der Waals surface area contributed by atoms with E-state index in [2.05, 4.69) is 5.32 Å². The van der Waals surface area contributed by atoms with E-state index in [0.717, 1.165) is 0 Å². The molecule has 14 heavy (non-hydrogen) atoms. The summed E-state index contributed by atoms with van der Waals surface area (Å²) in [5.74, 6) is 0.781. The molecule has 0 aromatic heterocycles. The molecule has 0 spiro atoms. The summed E-state index contributed by atoms with van der Waals surface area (Å²) < 4.78 is 4.98. The minimum Gasteiger partial charge on any atom is -0.507 e.